The average Bonchev–Trinajstić information content (AvgIpc) is 3.02. The Bertz CT molecular complexity index is 582. The van der Waals surface area contributed by atoms with Crippen LogP contribution in [0, 0.1) is 12.8 Å². The van der Waals surface area contributed by atoms with Gasteiger partial charge < -0.3 is 9.47 Å². The Hall–Kier alpha value is -1.36. The van der Waals surface area contributed by atoms with Crippen LogP contribution in [-0.2, 0) is 17.8 Å². The number of imidazole rings is 1. The van der Waals surface area contributed by atoms with Gasteiger partial charge in [-0.05, 0) is 26.2 Å². The number of carbonyl (C=O) groups is 1. The maximum Gasteiger partial charge on any atom is 0.226 e. The molecule has 0 N–H and O–H groups in total. The van der Waals surface area contributed by atoms with Crippen LogP contribution in [0.3, 0.4) is 0 Å². The minimum Gasteiger partial charge on any atom is -0.340 e. The lowest BCUT2D eigenvalue weighted by Gasteiger charge is -2.41. The molecule has 132 valence electrons. The summed E-state index contributed by atoms with van der Waals surface area (Å²) in [4.78, 5) is 22.1. The first kappa shape index (κ1) is 16.1. The van der Waals surface area contributed by atoms with E-state index in [4.69, 9.17) is 0 Å². The molecule has 1 saturated carbocycles. The van der Waals surface area contributed by atoms with Crippen molar-refractivity contribution >= 4 is 5.91 Å². The summed E-state index contributed by atoms with van der Waals surface area (Å²) in [7, 11) is 0. The molecule has 0 aromatic carbocycles. The van der Waals surface area contributed by atoms with Gasteiger partial charge in [0.1, 0.15) is 5.82 Å². The van der Waals surface area contributed by atoms with E-state index < -0.39 is 0 Å². The summed E-state index contributed by atoms with van der Waals surface area (Å²) >= 11 is 0. The zero-order valence-corrected chi connectivity index (χ0v) is 14.9. The van der Waals surface area contributed by atoms with Gasteiger partial charge in [-0.3, -0.25) is 9.69 Å². The maximum atomic E-state index is 12.9. The van der Waals surface area contributed by atoms with Crippen molar-refractivity contribution in [2.45, 2.75) is 64.5 Å². The maximum absolute atomic E-state index is 12.9. The largest absolute Gasteiger partial charge is 0.340 e. The molecule has 1 saturated heterocycles. The predicted molar refractivity (Wildman–Crippen MR) is 93.8 cm³/mol. The Labute approximate surface area is 145 Å². The fraction of sp³-hybridized carbons (Fsp3) is 0.789. The van der Waals surface area contributed by atoms with Crippen molar-refractivity contribution in [3.05, 3.63) is 17.7 Å². The highest BCUT2D eigenvalue weighted by Gasteiger charge is 2.32. The molecule has 4 rings (SSSR count). The van der Waals surface area contributed by atoms with E-state index >= 15 is 0 Å². The zero-order chi connectivity index (χ0) is 16.5. The van der Waals surface area contributed by atoms with E-state index in [9.17, 15) is 4.79 Å². The molecule has 1 unspecified atom stereocenters. The van der Waals surface area contributed by atoms with Gasteiger partial charge in [-0.1, -0.05) is 19.3 Å². The summed E-state index contributed by atoms with van der Waals surface area (Å²) < 4.78 is 2.27. The van der Waals surface area contributed by atoms with E-state index in [1.54, 1.807) is 0 Å². The Morgan fingerprint density at radius 3 is 2.54 bits per heavy atom. The van der Waals surface area contributed by atoms with Gasteiger partial charge in [-0.2, -0.15) is 0 Å². The van der Waals surface area contributed by atoms with Crippen LogP contribution in [0.1, 0.15) is 50.0 Å². The summed E-state index contributed by atoms with van der Waals surface area (Å²) in [5.41, 5.74) is 1.23. The molecule has 1 aliphatic carbocycles. The molecule has 1 aromatic rings. The van der Waals surface area contributed by atoms with Gasteiger partial charge >= 0.3 is 0 Å². The second kappa shape index (κ2) is 6.87. The lowest BCUT2D eigenvalue weighted by molar-refractivity contribution is -0.138. The van der Waals surface area contributed by atoms with Crippen molar-refractivity contribution in [1.29, 1.82) is 0 Å². The standard InChI is InChI=1S/C19H30N4O/c1-15-20-14-18-13-16(7-8-23(15)18)19(24)22-11-9-21(10-12-22)17-5-3-2-4-6-17/h14,16-17H,2-13H2,1H3. The molecule has 2 aliphatic heterocycles. The average molecular weight is 330 g/mol. The highest BCUT2D eigenvalue weighted by atomic mass is 16.2. The third-order valence-corrected chi connectivity index (χ3v) is 6.36. The van der Waals surface area contributed by atoms with Crippen molar-refractivity contribution in [2.24, 2.45) is 5.92 Å². The molecular weight excluding hydrogens is 300 g/mol. The van der Waals surface area contributed by atoms with Crippen LogP contribution >= 0.6 is 0 Å². The van der Waals surface area contributed by atoms with Gasteiger partial charge in [0.25, 0.3) is 0 Å². The van der Waals surface area contributed by atoms with Crippen LogP contribution in [0.5, 0.6) is 0 Å². The van der Waals surface area contributed by atoms with E-state index in [0.717, 1.165) is 57.4 Å². The second-order valence-electron chi connectivity index (χ2n) is 7.79. The summed E-state index contributed by atoms with van der Waals surface area (Å²) in [6, 6.07) is 0.781. The van der Waals surface area contributed by atoms with Crippen LogP contribution in [0.15, 0.2) is 6.20 Å². The normalized spacial score (nSPS) is 26.4. The quantitative estimate of drug-likeness (QED) is 0.835. The molecule has 3 heterocycles. The number of nitrogens with zero attached hydrogens (tertiary/aromatic N) is 4. The van der Waals surface area contributed by atoms with Gasteiger partial charge in [0, 0.05) is 63.0 Å². The second-order valence-corrected chi connectivity index (χ2v) is 7.79. The Morgan fingerprint density at radius 2 is 1.79 bits per heavy atom. The van der Waals surface area contributed by atoms with E-state index in [1.165, 1.54) is 37.8 Å². The molecular formula is C19H30N4O. The number of hydrogen-bond acceptors (Lipinski definition) is 3. The van der Waals surface area contributed by atoms with Gasteiger partial charge in [0.15, 0.2) is 0 Å². The smallest absolute Gasteiger partial charge is 0.226 e. The van der Waals surface area contributed by atoms with E-state index in [-0.39, 0.29) is 5.92 Å². The van der Waals surface area contributed by atoms with Crippen molar-refractivity contribution in [1.82, 2.24) is 19.4 Å². The summed E-state index contributed by atoms with van der Waals surface area (Å²) in [5.74, 6) is 1.62. The minimum absolute atomic E-state index is 0.162. The highest BCUT2D eigenvalue weighted by molar-refractivity contribution is 5.79. The number of aromatic nitrogens is 2. The lowest BCUT2D eigenvalue weighted by atomic mass is 9.93. The third kappa shape index (κ3) is 3.10. The van der Waals surface area contributed by atoms with Crippen LogP contribution in [0.4, 0.5) is 0 Å². The first-order chi connectivity index (χ1) is 11.7. The van der Waals surface area contributed by atoms with Crippen LogP contribution < -0.4 is 0 Å². The fourth-order valence-corrected chi connectivity index (χ4v) is 4.85. The Morgan fingerprint density at radius 1 is 1.04 bits per heavy atom. The van der Waals surface area contributed by atoms with Crippen molar-refractivity contribution in [2.75, 3.05) is 26.2 Å². The lowest BCUT2D eigenvalue weighted by Crippen LogP contribution is -2.53. The molecule has 2 fully saturated rings. The number of piperazine rings is 1. The van der Waals surface area contributed by atoms with Gasteiger partial charge in [0.2, 0.25) is 5.91 Å². The van der Waals surface area contributed by atoms with Crippen LogP contribution in [0.25, 0.3) is 0 Å². The SMILES string of the molecule is Cc1ncc2n1CCC(C(=O)N1CCN(C3CCCCC3)CC1)C2. The fourth-order valence-electron chi connectivity index (χ4n) is 4.85. The van der Waals surface area contributed by atoms with Crippen LogP contribution in [0.2, 0.25) is 0 Å². The minimum atomic E-state index is 0.162. The summed E-state index contributed by atoms with van der Waals surface area (Å²) in [5, 5.41) is 0. The summed E-state index contributed by atoms with van der Waals surface area (Å²) in [6.07, 6.45) is 10.7. The molecule has 0 spiro atoms. The first-order valence-electron chi connectivity index (χ1n) is 9.76. The topological polar surface area (TPSA) is 41.4 Å². The summed E-state index contributed by atoms with van der Waals surface area (Å²) in [6.45, 7) is 6.98. The highest BCUT2D eigenvalue weighted by Crippen LogP contribution is 2.26. The monoisotopic (exact) mass is 330 g/mol. The number of aryl methyl sites for hydroxylation is 1. The Balaban J connectivity index is 1.32. The van der Waals surface area contributed by atoms with Crippen LogP contribution in [-0.4, -0.2) is 57.5 Å². The molecule has 3 aliphatic rings. The molecule has 1 amide bonds. The van der Waals surface area contributed by atoms with Gasteiger partial charge in [0.05, 0.1) is 0 Å². The number of hydrogen-bond donors (Lipinski definition) is 0. The van der Waals surface area contributed by atoms with Crippen molar-refractivity contribution < 1.29 is 4.79 Å². The molecule has 1 aromatic heterocycles. The van der Waals surface area contributed by atoms with Gasteiger partial charge in [-0.25, -0.2) is 4.98 Å². The number of carbonyl (C=O) groups excluding carboxylic acids is 1. The zero-order valence-electron chi connectivity index (χ0n) is 14.9. The molecule has 0 bridgehead atoms. The third-order valence-electron chi connectivity index (χ3n) is 6.36. The molecule has 5 heteroatoms. The molecule has 0 radical (unpaired) electrons. The number of fused-ring (bicyclic) bond motifs is 1. The number of rotatable bonds is 2. The van der Waals surface area contributed by atoms with E-state index in [2.05, 4.69) is 26.3 Å². The predicted octanol–water partition coefficient (Wildman–Crippen LogP) is 2.23. The van der Waals surface area contributed by atoms with E-state index in [0.29, 0.717) is 5.91 Å². The Kier molecular flexibility index (Phi) is 4.61. The van der Waals surface area contributed by atoms with E-state index in [1.807, 2.05) is 6.20 Å². The van der Waals surface area contributed by atoms with Gasteiger partial charge in [-0.15, -0.1) is 0 Å². The van der Waals surface area contributed by atoms with Crippen molar-refractivity contribution in [3.63, 3.8) is 0 Å². The molecule has 1 atom stereocenters. The molecule has 5 nitrogen and oxygen atoms in total. The van der Waals surface area contributed by atoms with Crippen molar-refractivity contribution in [3.8, 4) is 0 Å². The number of amides is 1. The molecule has 24 heavy (non-hydrogen) atoms. The first-order valence-corrected chi connectivity index (χ1v) is 9.76.